The van der Waals surface area contributed by atoms with E-state index in [1.54, 1.807) is 0 Å². The largest absolute Gasteiger partial charge is 0.384 e. The Morgan fingerprint density at radius 1 is 1.43 bits per heavy atom. The molecule has 2 aliphatic heterocycles. The van der Waals surface area contributed by atoms with Crippen molar-refractivity contribution in [3.63, 3.8) is 0 Å². The number of ether oxygens (including phenoxy) is 1. The fourth-order valence-corrected chi connectivity index (χ4v) is 3.88. The van der Waals surface area contributed by atoms with Crippen molar-refractivity contribution < 1.29 is 28.6 Å². The molecule has 0 bridgehead atoms. The number of aromatic nitrogens is 4. The molecule has 23 heavy (non-hydrogen) atoms. The highest BCUT2D eigenvalue weighted by molar-refractivity contribution is 8.07. The van der Waals surface area contributed by atoms with Crippen molar-refractivity contribution >= 4 is 35.5 Å². The topological polar surface area (TPSA) is 147 Å². The van der Waals surface area contributed by atoms with Crippen LogP contribution in [-0.4, -0.2) is 60.9 Å². The average Bonchev–Trinajstić information content (AvgIpc) is 3.03. The Balaban J connectivity index is 1.57. The van der Waals surface area contributed by atoms with E-state index in [0.29, 0.717) is 11.2 Å². The summed E-state index contributed by atoms with van der Waals surface area (Å²) in [5.74, 6) is 0.205. The van der Waals surface area contributed by atoms with E-state index in [1.807, 2.05) is 0 Å². The van der Waals surface area contributed by atoms with Gasteiger partial charge in [-0.2, -0.15) is 0 Å². The second-order valence-corrected chi connectivity index (χ2v) is 7.77. The fourth-order valence-electron chi connectivity index (χ4n) is 2.43. The minimum absolute atomic E-state index is 0.00909. The number of nitrogens with two attached hydrogens (primary N) is 1. The molecular formula is C10H12N5O6PS. The molecule has 2 aromatic rings. The fraction of sp³-hybridized carbons (Fsp3) is 0.500. The third kappa shape index (κ3) is 2.58. The predicted octanol–water partition coefficient (Wildman–Crippen LogP) is -1.44. The highest BCUT2D eigenvalue weighted by Gasteiger charge is 2.52. The Hall–Kier alpha value is -1.40. The number of fused-ring (bicyclic) bond motifs is 2. The van der Waals surface area contributed by atoms with Gasteiger partial charge in [0.2, 0.25) is 5.65 Å². The molecule has 5 atom stereocenters. The van der Waals surface area contributed by atoms with Crippen LogP contribution in [0, 0.1) is 0 Å². The Kier molecular flexibility index (Phi) is 3.50. The number of imidazole rings is 1. The predicted molar refractivity (Wildman–Crippen MR) is 78.3 cm³/mol. The smallest absolute Gasteiger partial charge is 0.325 e. The third-order valence-electron chi connectivity index (χ3n) is 3.50. The summed E-state index contributed by atoms with van der Waals surface area (Å²) in [5.41, 5.74) is 6.39. The van der Waals surface area contributed by atoms with Gasteiger partial charge in [0.25, 0.3) is 6.29 Å². The summed E-state index contributed by atoms with van der Waals surface area (Å²) in [7, 11) is 0. The minimum atomic E-state index is -3.36. The van der Waals surface area contributed by atoms with Crippen molar-refractivity contribution in [1.82, 2.24) is 19.7 Å². The highest BCUT2D eigenvalue weighted by atomic mass is 32.5. The lowest BCUT2D eigenvalue weighted by atomic mass is 10.1. The number of aliphatic hydroxyl groups excluding tert-OH is 1. The van der Waals surface area contributed by atoms with E-state index < -0.39 is 31.3 Å². The van der Waals surface area contributed by atoms with Gasteiger partial charge in [0.15, 0.2) is 11.3 Å². The first-order chi connectivity index (χ1) is 10.9. The lowest BCUT2D eigenvalue weighted by Crippen LogP contribution is -2.41. The van der Waals surface area contributed by atoms with Gasteiger partial charge in [-0.25, -0.2) is 15.0 Å². The molecule has 11 nitrogen and oxygen atoms in total. The van der Waals surface area contributed by atoms with Gasteiger partial charge in [-0.1, -0.05) is 0 Å². The minimum Gasteiger partial charge on any atom is -0.384 e. The standard InChI is InChI=1S/C10H12N5O6PS/c11-8-5-9(13-2-12-8)15(3-14-5)20-10-6(16)7-4(19-10)1-18-22(17,23)21-7/h2-4,6-7,10,16H,1H2,(H,17,23)(H2,11,12,13)/t4-,6-,7-,10+,22?/m1/s1. The van der Waals surface area contributed by atoms with Gasteiger partial charge in [-0.3, -0.25) is 4.52 Å². The number of anilines is 1. The molecule has 2 aromatic heterocycles. The van der Waals surface area contributed by atoms with Crippen LogP contribution in [-0.2, 0) is 25.6 Å². The summed E-state index contributed by atoms with van der Waals surface area (Å²) in [6.45, 7) is -3.35. The van der Waals surface area contributed by atoms with Crippen molar-refractivity contribution in [2.75, 3.05) is 12.3 Å². The number of hydrogen-bond acceptors (Lipinski definition) is 10. The summed E-state index contributed by atoms with van der Waals surface area (Å²) in [4.78, 5) is 27.1. The van der Waals surface area contributed by atoms with Crippen LogP contribution in [0.2, 0.25) is 0 Å². The molecule has 4 heterocycles. The normalized spacial score (nSPS) is 37.0. The molecule has 13 heteroatoms. The van der Waals surface area contributed by atoms with Gasteiger partial charge in [-0.05, 0) is 11.8 Å². The second kappa shape index (κ2) is 5.31. The van der Waals surface area contributed by atoms with Crippen molar-refractivity contribution in [2.24, 2.45) is 0 Å². The number of rotatable bonds is 2. The summed E-state index contributed by atoms with van der Waals surface area (Å²) in [5, 5.41) is 10.3. The molecule has 2 saturated heterocycles. The van der Waals surface area contributed by atoms with Crippen molar-refractivity contribution in [3.05, 3.63) is 12.7 Å². The van der Waals surface area contributed by atoms with E-state index in [-0.39, 0.29) is 12.4 Å². The molecule has 0 spiro atoms. The maximum absolute atomic E-state index is 10.3. The van der Waals surface area contributed by atoms with Crippen LogP contribution in [0.4, 0.5) is 5.82 Å². The van der Waals surface area contributed by atoms with E-state index in [9.17, 15) is 10.00 Å². The third-order valence-corrected chi connectivity index (χ3v) is 5.06. The van der Waals surface area contributed by atoms with Crippen LogP contribution in [0.15, 0.2) is 12.7 Å². The van der Waals surface area contributed by atoms with Gasteiger partial charge in [-0.15, -0.1) is 4.73 Å². The van der Waals surface area contributed by atoms with Crippen LogP contribution in [0.25, 0.3) is 11.2 Å². The van der Waals surface area contributed by atoms with Gasteiger partial charge in [0.05, 0.1) is 6.61 Å². The summed E-state index contributed by atoms with van der Waals surface area (Å²) >= 11 is 4.77. The quantitative estimate of drug-likeness (QED) is 0.540. The Morgan fingerprint density at radius 2 is 2.26 bits per heavy atom. The molecule has 0 aliphatic carbocycles. The molecule has 2 fully saturated rings. The first-order valence-corrected chi connectivity index (χ1v) is 9.14. The van der Waals surface area contributed by atoms with E-state index in [1.165, 1.54) is 17.4 Å². The Bertz CT molecular complexity index is 803. The molecule has 1 unspecified atom stereocenters. The first kappa shape index (κ1) is 15.1. The summed E-state index contributed by atoms with van der Waals surface area (Å²) in [6, 6.07) is 0. The van der Waals surface area contributed by atoms with E-state index in [2.05, 4.69) is 15.0 Å². The maximum Gasteiger partial charge on any atom is 0.325 e. The summed E-state index contributed by atoms with van der Waals surface area (Å²) < 4.78 is 17.0. The molecule has 4 rings (SSSR count). The van der Waals surface area contributed by atoms with E-state index in [0.717, 1.165) is 0 Å². The number of hydrogen-bond donors (Lipinski definition) is 3. The van der Waals surface area contributed by atoms with Crippen molar-refractivity contribution in [3.8, 4) is 0 Å². The van der Waals surface area contributed by atoms with E-state index >= 15 is 0 Å². The van der Waals surface area contributed by atoms with Gasteiger partial charge >= 0.3 is 6.72 Å². The van der Waals surface area contributed by atoms with Crippen molar-refractivity contribution in [2.45, 2.75) is 24.6 Å². The molecule has 124 valence electrons. The Labute approximate surface area is 134 Å². The average molecular weight is 361 g/mol. The molecule has 0 aromatic carbocycles. The van der Waals surface area contributed by atoms with Crippen molar-refractivity contribution in [1.29, 1.82) is 0 Å². The Morgan fingerprint density at radius 3 is 3.09 bits per heavy atom. The van der Waals surface area contributed by atoms with Crippen LogP contribution in [0.5, 0.6) is 0 Å². The number of nitrogen functional groups attached to an aromatic ring is 1. The van der Waals surface area contributed by atoms with Crippen LogP contribution < -0.4 is 10.6 Å². The van der Waals surface area contributed by atoms with Crippen LogP contribution in [0.3, 0.4) is 0 Å². The highest BCUT2D eigenvalue weighted by Crippen LogP contribution is 2.51. The van der Waals surface area contributed by atoms with Crippen LogP contribution in [0.1, 0.15) is 0 Å². The maximum atomic E-state index is 10.3. The van der Waals surface area contributed by atoms with Crippen LogP contribution >= 0.6 is 6.72 Å². The number of aliphatic hydroxyl groups is 1. The lowest BCUT2D eigenvalue weighted by Gasteiger charge is -2.30. The zero-order valence-electron chi connectivity index (χ0n) is 11.4. The molecule has 2 aliphatic rings. The lowest BCUT2D eigenvalue weighted by molar-refractivity contribution is -0.168. The molecule has 0 saturated carbocycles. The molecule has 0 amide bonds. The van der Waals surface area contributed by atoms with E-state index in [4.69, 9.17) is 36.2 Å². The monoisotopic (exact) mass is 361 g/mol. The first-order valence-electron chi connectivity index (χ1n) is 6.54. The zero-order valence-corrected chi connectivity index (χ0v) is 13.1. The summed E-state index contributed by atoms with van der Waals surface area (Å²) in [6.07, 6.45) is -1.08. The zero-order chi connectivity index (χ0) is 16.2. The van der Waals surface area contributed by atoms with Gasteiger partial charge in [0, 0.05) is 0 Å². The molecular weight excluding hydrogens is 349 g/mol. The van der Waals surface area contributed by atoms with Gasteiger partial charge < -0.3 is 29.8 Å². The van der Waals surface area contributed by atoms with Gasteiger partial charge in [0.1, 0.15) is 31.0 Å². The number of nitrogens with zero attached hydrogens (tertiary/aromatic N) is 4. The second-order valence-electron chi connectivity index (χ2n) is 4.97. The molecule has 0 radical (unpaired) electrons. The molecule has 4 N–H and O–H groups in total. The SMILES string of the molecule is Nc1ncnc2c1ncn2O[C@@H]1O[C@@H]2COP(O)(=S)O[C@H]2[C@H]1O.